The van der Waals surface area contributed by atoms with E-state index in [-0.39, 0.29) is 24.0 Å². The number of amides is 1. The van der Waals surface area contributed by atoms with E-state index in [0.717, 1.165) is 23.9 Å². The summed E-state index contributed by atoms with van der Waals surface area (Å²) in [6.45, 7) is 3.94. The van der Waals surface area contributed by atoms with Gasteiger partial charge in [-0.3, -0.25) is 9.36 Å². The average Bonchev–Trinajstić information content (AvgIpc) is 3.18. The monoisotopic (exact) mass is 478 g/mol. The predicted octanol–water partition coefficient (Wildman–Crippen LogP) is 4.80. The molecule has 0 saturated heterocycles. The molecule has 33 heavy (non-hydrogen) atoms. The van der Waals surface area contributed by atoms with Gasteiger partial charge in [0.15, 0.2) is 11.0 Å². The highest BCUT2D eigenvalue weighted by Gasteiger charge is 2.30. The Kier molecular flexibility index (Phi) is 7.99. The quantitative estimate of drug-likeness (QED) is 0.333. The Labute approximate surface area is 192 Å². The Morgan fingerprint density at radius 3 is 2.73 bits per heavy atom. The highest BCUT2D eigenvalue weighted by molar-refractivity contribution is 7.99. The van der Waals surface area contributed by atoms with Crippen LogP contribution in [0.2, 0.25) is 0 Å². The Hall–Kier alpha value is -3.47. The molecule has 11 heteroatoms. The molecule has 7 nitrogen and oxygen atoms in total. The van der Waals surface area contributed by atoms with Crippen LogP contribution in [0.25, 0.3) is 0 Å². The minimum absolute atomic E-state index is 0.0574. The third kappa shape index (κ3) is 6.51. The Morgan fingerprint density at radius 2 is 2.00 bits per heavy atom. The van der Waals surface area contributed by atoms with Crippen molar-refractivity contribution in [3.05, 3.63) is 72.6 Å². The van der Waals surface area contributed by atoms with Gasteiger partial charge in [0, 0.05) is 6.54 Å². The van der Waals surface area contributed by atoms with Crippen LogP contribution in [0.1, 0.15) is 11.4 Å². The van der Waals surface area contributed by atoms with Crippen LogP contribution in [-0.4, -0.2) is 33.5 Å². The molecule has 1 amide bonds. The first kappa shape index (κ1) is 24.2. The van der Waals surface area contributed by atoms with Crippen molar-refractivity contribution in [3.8, 4) is 11.5 Å². The first-order valence-electron chi connectivity index (χ1n) is 9.70. The van der Waals surface area contributed by atoms with Gasteiger partial charge in [-0.15, -0.1) is 16.8 Å². The number of carbonyl (C=O) groups is 1. The summed E-state index contributed by atoms with van der Waals surface area (Å²) in [6.07, 6.45) is -2.84. The summed E-state index contributed by atoms with van der Waals surface area (Å²) in [5.41, 5.74) is -0.252. The predicted molar refractivity (Wildman–Crippen MR) is 118 cm³/mol. The van der Waals surface area contributed by atoms with Crippen LogP contribution in [0, 0.1) is 0 Å². The first-order chi connectivity index (χ1) is 15.8. The van der Waals surface area contributed by atoms with Gasteiger partial charge < -0.3 is 14.8 Å². The number of alkyl halides is 3. The normalized spacial score (nSPS) is 11.2. The van der Waals surface area contributed by atoms with Gasteiger partial charge in [-0.25, -0.2) is 0 Å². The molecule has 0 atom stereocenters. The van der Waals surface area contributed by atoms with Gasteiger partial charge in [-0.2, -0.15) is 13.2 Å². The van der Waals surface area contributed by atoms with Gasteiger partial charge in [-0.1, -0.05) is 36.0 Å². The van der Waals surface area contributed by atoms with Crippen LogP contribution in [0.15, 0.2) is 66.3 Å². The largest absolute Gasteiger partial charge is 0.495 e. The lowest BCUT2D eigenvalue weighted by Crippen LogP contribution is -2.15. The summed E-state index contributed by atoms with van der Waals surface area (Å²) in [5, 5.41) is 11.4. The van der Waals surface area contributed by atoms with Crippen LogP contribution in [-0.2, 0) is 24.1 Å². The molecule has 0 saturated carbocycles. The molecule has 0 fully saturated rings. The second kappa shape index (κ2) is 10.9. The third-order valence-electron chi connectivity index (χ3n) is 4.35. The van der Waals surface area contributed by atoms with Crippen LogP contribution in [0.3, 0.4) is 0 Å². The smallest absolute Gasteiger partial charge is 0.416 e. The third-order valence-corrected chi connectivity index (χ3v) is 5.31. The molecule has 0 aliphatic heterocycles. The molecular weight excluding hydrogens is 457 g/mol. The van der Waals surface area contributed by atoms with E-state index >= 15 is 0 Å². The van der Waals surface area contributed by atoms with Crippen LogP contribution >= 0.6 is 11.8 Å². The summed E-state index contributed by atoms with van der Waals surface area (Å²) in [7, 11) is 1.51. The minimum Gasteiger partial charge on any atom is -0.495 e. The number of anilines is 1. The van der Waals surface area contributed by atoms with Crippen LogP contribution in [0.5, 0.6) is 11.5 Å². The van der Waals surface area contributed by atoms with Crippen molar-refractivity contribution in [1.82, 2.24) is 14.8 Å². The zero-order valence-corrected chi connectivity index (χ0v) is 18.4. The molecule has 1 N–H and O–H groups in total. The van der Waals surface area contributed by atoms with E-state index in [0.29, 0.717) is 29.0 Å². The van der Waals surface area contributed by atoms with Gasteiger partial charge in [0.1, 0.15) is 18.1 Å². The standard InChI is InChI=1S/C22H21F3N4O3S/c1-3-11-29-19(13-32-16-8-6-7-15(12-16)22(23,24)25)27-28-21(29)33-14-20(30)26-17-9-4-5-10-18(17)31-2/h3-10,12H,1,11,13-14H2,2H3,(H,26,30). The van der Waals surface area contributed by atoms with Gasteiger partial charge >= 0.3 is 6.18 Å². The number of methoxy groups -OCH3 is 1. The number of nitrogens with zero attached hydrogens (tertiary/aromatic N) is 3. The van der Waals surface area contributed by atoms with E-state index < -0.39 is 11.7 Å². The van der Waals surface area contributed by atoms with Crippen LogP contribution in [0.4, 0.5) is 18.9 Å². The summed E-state index contributed by atoms with van der Waals surface area (Å²) in [4.78, 5) is 12.4. The summed E-state index contributed by atoms with van der Waals surface area (Å²) >= 11 is 1.16. The zero-order valence-electron chi connectivity index (χ0n) is 17.6. The number of carbonyl (C=O) groups excluding carboxylic acids is 1. The van der Waals surface area contributed by atoms with E-state index in [1.54, 1.807) is 34.9 Å². The summed E-state index contributed by atoms with van der Waals surface area (Å²) in [5.74, 6) is 0.782. The highest BCUT2D eigenvalue weighted by atomic mass is 32.2. The van der Waals surface area contributed by atoms with Gasteiger partial charge in [0.25, 0.3) is 0 Å². The van der Waals surface area contributed by atoms with Crippen molar-refractivity contribution < 1.29 is 27.4 Å². The Balaban J connectivity index is 1.64. The highest BCUT2D eigenvalue weighted by Crippen LogP contribution is 2.31. The zero-order chi connectivity index (χ0) is 23.8. The SMILES string of the molecule is C=CCn1c(COc2cccc(C(F)(F)F)c2)nnc1SCC(=O)Nc1ccccc1OC. The number of halogens is 3. The topological polar surface area (TPSA) is 78.3 Å². The summed E-state index contributed by atoms with van der Waals surface area (Å²) in [6, 6.07) is 11.6. The number of ether oxygens (including phenoxy) is 2. The molecular formula is C22H21F3N4O3S. The van der Waals surface area contributed by atoms with Crippen molar-refractivity contribution in [2.75, 3.05) is 18.2 Å². The van der Waals surface area contributed by atoms with Crippen molar-refractivity contribution in [3.63, 3.8) is 0 Å². The number of thioether (sulfide) groups is 1. The number of allylic oxidation sites excluding steroid dienone is 1. The average molecular weight is 478 g/mol. The number of aromatic nitrogens is 3. The number of rotatable bonds is 10. The molecule has 3 aromatic rings. The first-order valence-corrected chi connectivity index (χ1v) is 10.7. The van der Waals surface area contributed by atoms with Crippen molar-refractivity contribution >= 4 is 23.4 Å². The molecule has 0 aliphatic carbocycles. The fourth-order valence-corrected chi connectivity index (χ4v) is 3.59. The van der Waals surface area contributed by atoms with E-state index in [2.05, 4.69) is 22.1 Å². The fourth-order valence-electron chi connectivity index (χ4n) is 2.82. The maximum atomic E-state index is 12.9. The minimum atomic E-state index is -4.46. The maximum absolute atomic E-state index is 12.9. The lowest BCUT2D eigenvalue weighted by Gasteiger charge is -2.11. The maximum Gasteiger partial charge on any atom is 0.416 e. The second-order valence-electron chi connectivity index (χ2n) is 6.65. The van der Waals surface area contributed by atoms with Crippen LogP contribution < -0.4 is 14.8 Å². The number of para-hydroxylation sites is 2. The van der Waals surface area contributed by atoms with E-state index in [1.807, 2.05) is 0 Å². The number of benzene rings is 2. The lowest BCUT2D eigenvalue weighted by molar-refractivity contribution is -0.137. The molecule has 0 spiro atoms. The fraction of sp³-hybridized carbons (Fsp3) is 0.227. The van der Waals surface area contributed by atoms with Gasteiger partial charge in [-0.05, 0) is 30.3 Å². The molecule has 174 valence electrons. The van der Waals surface area contributed by atoms with Gasteiger partial charge in [0.05, 0.1) is 24.1 Å². The molecule has 0 aliphatic rings. The van der Waals surface area contributed by atoms with Crippen molar-refractivity contribution in [2.45, 2.75) is 24.5 Å². The number of hydrogen-bond acceptors (Lipinski definition) is 6. The summed E-state index contributed by atoms with van der Waals surface area (Å²) < 4.78 is 51.1. The van der Waals surface area contributed by atoms with E-state index in [1.165, 1.54) is 19.2 Å². The molecule has 1 heterocycles. The Bertz CT molecular complexity index is 1120. The number of hydrogen-bond donors (Lipinski definition) is 1. The molecule has 0 bridgehead atoms. The van der Waals surface area contributed by atoms with E-state index in [9.17, 15) is 18.0 Å². The second-order valence-corrected chi connectivity index (χ2v) is 7.59. The van der Waals surface area contributed by atoms with Crippen molar-refractivity contribution in [1.29, 1.82) is 0 Å². The molecule has 2 aromatic carbocycles. The lowest BCUT2D eigenvalue weighted by atomic mass is 10.2. The molecule has 1 aromatic heterocycles. The van der Waals surface area contributed by atoms with E-state index in [4.69, 9.17) is 9.47 Å². The molecule has 0 radical (unpaired) electrons. The molecule has 0 unspecified atom stereocenters. The Morgan fingerprint density at radius 1 is 1.21 bits per heavy atom. The number of nitrogens with one attached hydrogen (secondary N) is 1. The molecule has 3 rings (SSSR count). The van der Waals surface area contributed by atoms with Gasteiger partial charge in [0.2, 0.25) is 5.91 Å². The van der Waals surface area contributed by atoms with Crippen molar-refractivity contribution in [2.24, 2.45) is 0 Å².